The molecule has 130 valence electrons. The standard InChI is InChI=1S/C20H24N4O/c1-15(14-25)16(2)22-12-18-13-24(19-6-4-3-5-7-19)23-20(18)17-8-10-21-11-9-17/h3-11,13,15-16,22,25H,12,14H2,1-2H3. The van der Waals surface area contributed by atoms with Gasteiger partial charge in [0.2, 0.25) is 0 Å². The molecule has 0 aliphatic heterocycles. The number of rotatable bonds is 7. The van der Waals surface area contributed by atoms with Crippen LogP contribution in [0.4, 0.5) is 0 Å². The summed E-state index contributed by atoms with van der Waals surface area (Å²) in [7, 11) is 0. The fourth-order valence-corrected chi connectivity index (χ4v) is 2.64. The van der Waals surface area contributed by atoms with Gasteiger partial charge in [-0.1, -0.05) is 25.1 Å². The molecule has 25 heavy (non-hydrogen) atoms. The smallest absolute Gasteiger partial charge is 0.0973 e. The molecular weight excluding hydrogens is 312 g/mol. The van der Waals surface area contributed by atoms with Crippen molar-refractivity contribution in [1.82, 2.24) is 20.1 Å². The molecule has 2 unspecified atom stereocenters. The number of para-hydroxylation sites is 1. The van der Waals surface area contributed by atoms with E-state index >= 15 is 0 Å². The highest BCUT2D eigenvalue weighted by atomic mass is 16.3. The van der Waals surface area contributed by atoms with Gasteiger partial charge in [0.25, 0.3) is 0 Å². The second-order valence-electron chi connectivity index (χ2n) is 6.35. The van der Waals surface area contributed by atoms with Crippen molar-refractivity contribution < 1.29 is 5.11 Å². The van der Waals surface area contributed by atoms with Crippen LogP contribution in [0.3, 0.4) is 0 Å². The van der Waals surface area contributed by atoms with Crippen LogP contribution in [0.5, 0.6) is 0 Å². The highest BCUT2D eigenvalue weighted by Gasteiger charge is 2.15. The Balaban J connectivity index is 1.91. The third kappa shape index (κ3) is 4.13. The number of hydrogen-bond acceptors (Lipinski definition) is 4. The average molecular weight is 336 g/mol. The summed E-state index contributed by atoms with van der Waals surface area (Å²) in [6.45, 7) is 4.99. The molecule has 2 N–H and O–H groups in total. The van der Waals surface area contributed by atoms with Crippen molar-refractivity contribution in [2.75, 3.05) is 6.61 Å². The summed E-state index contributed by atoms with van der Waals surface area (Å²) >= 11 is 0. The molecule has 1 aromatic carbocycles. The Morgan fingerprint density at radius 3 is 2.48 bits per heavy atom. The van der Waals surface area contributed by atoms with E-state index in [2.05, 4.69) is 23.4 Å². The van der Waals surface area contributed by atoms with Crippen LogP contribution in [0.15, 0.2) is 61.1 Å². The van der Waals surface area contributed by atoms with Crippen LogP contribution in [0.2, 0.25) is 0 Å². The van der Waals surface area contributed by atoms with Gasteiger partial charge in [-0.2, -0.15) is 5.10 Å². The van der Waals surface area contributed by atoms with E-state index < -0.39 is 0 Å². The normalized spacial score (nSPS) is 13.6. The minimum absolute atomic E-state index is 0.175. The minimum atomic E-state index is 0.175. The first kappa shape index (κ1) is 17.3. The maximum absolute atomic E-state index is 9.32. The van der Waals surface area contributed by atoms with Crippen molar-refractivity contribution in [2.24, 2.45) is 5.92 Å². The molecule has 0 radical (unpaired) electrons. The molecule has 0 aliphatic carbocycles. The van der Waals surface area contributed by atoms with Gasteiger partial charge in [-0.25, -0.2) is 4.68 Å². The van der Waals surface area contributed by atoms with E-state index in [1.54, 1.807) is 12.4 Å². The van der Waals surface area contributed by atoms with Gasteiger partial charge < -0.3 is 10.4 Å². The van der Waals surface area contributed by atoms with Crippen molar-refractivity contribution in [3.8, 4) is 16.9 Å². The van der Waals surface area contributed by atoms with Crippen LogP contribution in [-0.4, -0.2) is 32.5 Å². The van der Waals surface area contributed by atoms with E-state index in [1.807, 2.05) is 54.1 Å². The summed E-state index contributed by atoms with van der Waals surface area (Å²) in [6, 6.07) is 14.3. The molecule has 2 atom stereocenters. The number of benzene rings is 1. The first-order valence-corrected chi connectivity index (χ1v) is 8.57. The zero-order valence-corrected chi connectivity index (χ0v) is 14.6. The molecule has 0 bridgehead atoms. The van der Waals surface area contributed by atoms with Gasteiger partial charge in [-0.15, -0.1) is 0 Å². The third-order valence-corrected chi connectivity index (χ3v) is 4.52. The molecular formula is C20H24N4O. The first-order chi connectivity index (χ1) is 12.2. The topological polar surface area (TPSA) is 63.0 Å². The predicted molar refractivity (Wildman–Crippen MR) is 99.3 cm³/mol. The van der Waals surface area contributed by atoms with Gasteiger partial charge in [0.15, 0.2) is 0 Å². The summed E-state index contributed by atoms with van der Waals surface area (Å²) in [5, 5.41) is 17.6. The molecule has 0 saturated carbocycles. The van der Waals surface area contributed by atoms with Crippen LogP contribution in [0, 0.1) is 5.92 Å². The Morgan fingerprint density at radius 2 is 1.80 bits per heavy atom. The largest absolute Gasteiger partial charge is 0.396 e. The second-order valence-corrected chi connectivity index (χ2v) is 6.35. The summed E-state index contributed by atoms with van der Waals surface area (Å²) in [4.78, 5) is 4.10. The van der Waals surface area contributed by atoms with Gasteiger partial charge in [0, 0.05) is 48.9 Å². The number of nitrogens with one attached hydrogen (secondary N) is 1. The maximum Gasteiger partial charge on any atom is 0.0973 e. The number of pyridine rings is 1. The highest BCUT2D eigenvalue weighted by Crippen LogP contribution is 2.23. The van der Waals surface area contributed by atoms with E-state index in [0.717, 1.165) is 22.5 Å². The molecule has 0 amide bonds. The Hall–Kier alpha value is -2.50. The van der Waals surface area contributed by atoms with Gasteiger partial charge in [-0.05, 0) is 37.1 Å². The average Bonchev–Trinajstić information content (AvgIpc) is 3.11. The predicted octanol–water partition coefficient (Wildman–Crippen LogP) is 3.04. The molecule has 0 aliphatic rings. The van der Waals surface area contributed by atoms with Gasteiger partial charge in [0.1, 0.15) is 0 Å². The lowest BCUT2D eigenvalue weighted by Gasteiger charge is -2.19. The van der Waals surface area contributed by atoms with E-state index in [9.17, 15) is 5.11 Å². The molecule has 0 fully saturated rings. The van der Waals surface area contributed by atoms with E-state index in [1.165, 1.54) is 0 Å². The Labute approximate surface area is 148 Å². The molecule has 3 aromatic rings. The number of hydrogen-bond donors (Lipinski definition) is 2. The number of aromatic nitrogens is 3. The molecule has 2 heterocycles. The SMILES string of the molecule is CC(CO)C(C)NCc1cn(-c2ccccc2)nc1-c1ccncc1. The van der Waals surface area contributed by atoms with Crippen LogP contribution in [0.1, 0.15) is 19.4 Å². The molecule has 5 heteroatoms. The number of aliphatic hydroxyl groups excluding tert-OH is 1. The highest BCUT2D eigenvalue weighted by molar-refractivity contribution is 5.62. The number of aliphatic hydroxyl groups is 1. The summed E-state index contributed by atoms with van der Waals surface area (Å²) in [5.74, 6) is 0.202. The maximum atomic E-state index is 9.32. The Morgan fingerprint density at radius 1 is 1.08 bits per heavy atom. The lowest BCUT2D eigenvalue weighted by molar-refractivity contribution is 0.207. The summed E-state index contributed by atoms with van der Waals surface area (Å²) < 4.78 is 1.91. The second kappa shape index (κ2) is 8.05. The number of nitrogens with zero attached hydrogens (tertiary/aromatic N) is 3. The van der Waals surface area contributed by atoms with Gasteiger partial charge in [0.05, 0.1) is 11.4 Å². The zero-order chi connectivity index (χ0) is 17.6. The lowest BCUT2D eigenvalue weighted by Crippen LogP contribution is -2.33. The summed E-state index contributed by atoms with van der Waals surface area (Å²) in [5.41, 5.74) is 4.14. The van der Waals surface area contributed by atoms with Gasteiger partial charge >= 0.3 is 0 Å². The van der Waals surface area contributed by atoms with Crippen LogP contribution in [0.25, 0.3) is 16.9 Å². The van der Waals surface area contributed by atoms with E-state index in [4.69, 9.17) is 5.10 Å². The quantitative estimate of drug-likeness (QED) is 0.696. The van der Waals surface area contributed by atoms with Crippen LogP contribution >= 0.6 is 0 Å². The lowest BCUT2D eigenvalue weighted by atomic mass is 10.0. The van der Waals surface area contributed by atoms with Crippen molar-refractivity contribution in [3.63, 3.8) is 0 Å². The molecule has 0 spiro atoms. The van der Waals surface area contributed by atoms with Crippen molar-refractivity contribution in [2.45, 2.75) is 26.4 Å². The van der Waals surface area contributed by atoms with E-state index in [0.29, 0.717) is 6.54 Å². The summed E-state index contributed by atoms with van der Waals surface area (Å²) in [6.07, 6.45) is 5.63. The first-order valence-electron chi connectivity index (χ1n) is 8.57. The van der Waals surface area contributed by atoms with Crippen LogP contribution < -0.4 is 5.32 Å². The van der Waals surface area contributed by atoms with Gasteiger partial charge in [-0.3, -0.25) is 4.98 Å². The Kier molecular flexibility index (Phi) is 5.58. The Bertz CT molecular complexity index is 786. The zero-order valence-electron chi connectivity index (χ0n) is 14.6. The molecule has 3 rings (SSSR count). The molecule has 0 saturated heterocycles. The minimum Gasteiger partial charge on any atom is -0.396 e. The fourth-order valence-electron chi connectivity index (χ4n) is 2.64. The third-order valence-electron chi connectivity index (χ3n) is 4.52. The van der Waals surface area contributed by atoms with Crippen LogP contribution in [-0.2, 0) is 6.54 Å². The molecule has 5 nitrogen and oxygen atoms in total. The monoisotopic (exact) mass is 336 g/mol. The van der Waals surface area contributed by atoms with Crippen molar-refractivity contribution in [3.05, 3.63) is 66.6 Å². The van der Waals surface area contributed by atoms with Crippen molar-refractivity contribution in [1.29, 1.82) is 0 Å². The van der Waals surface area contributed by atoms with E-state index in [-0.39, 0.29) is 18.6 Å². The fraction of sp³-hybridized carbons (Fsp3) is 0.300. The van der Waals surface area contributed by atoms with Crippen molar-refractivity contribution >= 4 is 0 Å². The molecule has 2 aromatic heterocycles.